The highest BCUT2D eigenvalue weighted by atomic mass is 19.1. The number of ether oxygens (including phenoxy) is 1. The van der Waals surface area contributed by atoms with Crippen molar-refractivity contribution in [3.05, 3.63) is 65.0 Å². The summed E-state index contributed by atoms with van der Waals surface area (Å²) in [5.74, 6) is -0.495. The van der Waals surface area contributed by atoms with E-state index in [1.54, 1.807) is 30.3 Å². The normalized spacial score (nSPS) is 21.2. The minimum Gasteiger partial charge on any atom is -0.493 e. The van der Waals surface area contributed by atoms with E-state index in [0.29, 0.717) is 29.9 Å². The Labute approximate surface area is 148 Å². The largest absolute Gasteiger partial charge is 0.493 e. The van der Waals surface area contributed by atoms with Gasteiger partial charge in [0, 0.05) is 12.0 Å². The maximum atomic E-state index is 13.8. The maximum Gasteiger partial charge on any atom is 0.325 e. The first-order valence-corrected chi connectivity index (χ1v) is 8.10. The number of hydrogen-bond acceptors (Lipinski definition) is 4. The lowest BCUT2D eigenvalue weighted by Gasteiger charge is -2.33. The molecule has 7 heteroatoms. The van der Waals surface area contributed by atoms with E-state index < -0.39 is 17.4 Å². The Morgan fingerprint density at radius 1 is 1.27 bits per heavy atom. The fraction of sp³-hybridized carbons (Fsp3) is 0.211. The van der Waals surface area contributed by atoms with Gasteiger partial charge >= 0.3 is 6.03 Å². The molecular formula is C19H14FN3O3. The van der Waals surface area contributed by atoms with E-state index >= 15 is 0 Å². The molecule has 0 saturated carbocycles. The van der Waals surface area contributed by atoms with Gasteiger partial charge in [-0.3, -0.25) is 9.69 Å². The van der Waals surface area contributed by atoms with Crippen LogP contribution in [0.25, 0.3) is 0 Å². The van der Waals surface area contributed by atoms with E-state index in [9.17, 15) is 14.0 Å². The van der Waals surface area contributed by atoms with E-state index in [2.05, 4.69) is 5.32 Å². The summed E-state index contributed by atoms with van der Waals surface area (Å²) in [4.78, 5) is 26.7. The minimum atomic E-state index is -1.16. The number of hydrogen-bond donors (Lipinski definition) is 1. The van der Waals surface area contributed by atoms with E-state index in [0.717, 1.165) is 4.90 Å². The average molecular weight is 351 g/mol. The van der Waals surface area contributed by atoms with Crippen molar-refractivity contribution in [1.82, 2.24) is 10.2 Å². The smallest absolute Gasteiger partial charge is 0.325 e. The van der Waals surface area contributed by atoms with Crippen molar-refractivity contribution in [2.75, 3.05) is 6.61 Å². The molecule has 2 aromatic rings. The fourth-order valence-electron chi connectivity index (χ4n) is 3.45. The molecule has 6 nitrogen and oxygen atoms in total. The van der Waals surface area contributed by atoms with Crippen molar-refractivity contribution in [1.29, 1.82) is 5.26 Å². The highest BCUT2D eigenvalue weighted by Crippen LogP contribution is 2.41. The van der Waals surface area contributed by atoms with Crippen molar-refractivity contribution in [3.8, 4) is 11.8 Å². The Hall–Kier alpha value is -3.40. The predicted octanol–water partition coefficient (Wildman–Crippen LogP) is 2.43. The Bertz CT molecular complexity index is 969. The number of para-hydroxylation sites is 1. The van der Waals surface area contributed by atoms with Gasteiger partial charge in [-0.25, -0.2) is 9.18 Å². The summed E-state index contributed by atoms with van der Waals surface area (Å²) in [6.45, 7) is 0.237. The third-order valence-corrected chi connectivity index (χ3v) is 4.75. The van der Waals surface area contributed by atoms with Gasteiger partial charge in [0.2, 0.25) is 0 Å². The first-order chi connectivity index (χ1) is 12.5. The van der Waals surface area contributed by atoms with Crippen molar-refractivity contribution in [3.63, 3.8) is 0 Å². The zero-order valence-electron chi connectivity index (χ0n) is 13.7. The quantitative estimate of drug-likeness (QED) is 0.843. The molecule has 1 fully saturated rings. The zero-order valence-corrected chi connectivity index (χ0v) is 13.7. The van der Waals surface area contributed by atoms with Crippen molar-refractivity contribution in [2.45, 2.75) is 18.5 Å². The number of benzene rings is 2. The third-order valence-electron chi connectivity index (χ3n) is 4.75. The van der Waals surface area contributed by atoms with Gasteiger partial charge in [0.25, 0.3) is 5.91 Å². The number of rotatable bonds is 2. The number of carbonyl (C=O) groups is 2. The summed E-state index contributed by atoms with van der Waals surface area (Å²) < 4.78 is 19.4. The van der Waals surface area contributed by atoms with Gasteiger partial charge < -0.3 is 10.1 Å². The summed E-state index contributed by atoms with van der Waals surface area (Å²) >= 11 is 0. The first kappa shape index (κ1) is 16.1. The molecule has 2 heterocycles. The fourth-order valence-corrected chi connectivity index (χ4v) is 3.45. The van der Waals surface area contributed by atoms with Crippen LogP contribution >= 0.6 is 0 Å². The maximum absolute atomic E-state index is 13.8. The van der Waals surface area contributed by atoms with E-state index in [1.807, 2.05) is 0 Å². The lowest BCUT2D eigenvalue weighted by atomic mass is 9.84. The monoisotopic (exact) mass is 351 g/mol. The molecule has 2 aliphatic rings. The number of imide groups is 1. The van der Waals surface area contributed by atoms with E-state index in [1.165, 1.54) is 18.2 Å². The number of amides is 3. The predicted molar refractivity (Wildman–Crippen MR) is 88.4 cm³/mol. The molecule has 1 atom stereocenters. The zero-order chi connectivity index (χ0) is 18.3. The number of fused-ring (bicyclic) bond motifs is 2. The molecule has 0 aliphatic carbocycles. The highest BCUT2D eigenvalue weighted by Gasteiger charge is 2.54. The molecule has 130 valence electrons. The SMILES string of the molecule is N#Cc1ccc(CN2C(=O)NC3(CCOc4ccccc43)C2=O)cc1F. The summed E-state index contributed by atoms with van der Waals surface area (Å²) in [6.07, 6.45) is 0.326. The van der Waals surface area contributed by atoms with Gasteiger partial charge in [-0.1, -0.05) is 24.3 Å². The lowest BCUT2D eigenvalue weighted by molar-refractivity contribution is -0.133. The van der Waals surface area contributed by atoms with Gasteiger partial charge in [0.15, 0.2) is 5.54 Å². The molecule has 0 aromatic heterocycles. The Morgan fingerprint density at radius 3 is 2.85 bits per heavy atom. The highest BCUT2D eigenvalue weighted by molar-refractivity contribution is 6.07. The molecule has 1 spiro atoms. The molecule has 3 amide bonds. The summed E-state index contributed by atoms with van der Waals surface area (Å²) in [5.41, 5.74) is -0.182. The molecule has 2 aliphatic heterocycles. The van der Waals surface area contributed by atoms with Crippen LogP contribution in [0.2, 0.25) is 0 Å². The van der Waals surface area contributed by atoms with Crippen LogP contribution in [-0.2, 0) is 16.9 Å². The number of nitrogens with one attached hydrogen (secondary N) is 1. The minimum absolute atomic E-state index is 0.0714. The van der Waals surface area contributed by atoms with Crippen LogP contribution in [0.4, 0.5) is 9.18 Å². The van der Waals surface area contributed by atoms with Crippen LogP contribution in [0.15, 0.2) is 42.5 Å². The second-order valence-corrected chi connectivity index (χ2v) is 6.25. The summed E-state index contributed by atoms with van der Waals surface area (Å²) in [6, 6.07) is 12.4. The van der Waals surface area contributed by atoms with Gasteiger partial charge in [0.05, 0.1) is 18.7 Å². The standard InChI is InChI=1S/C19H14FN3O3/c20-15-9-12(5-6-13(15)10-21)11-23-17(24)19(22-18(23)25)7-8-26-16-4-2-1-3-14(16)19/h1-6,9H,7-8,11H2,(H,22,25). The second-order valence-electron chi connectivity index (χ2n) is 6.25. The first-order valence-electron chi connectivity index (χ1n) is 8.10. The molecule has 26 heavy (non-hydrogen) atoms. The number of urea groups is 1. The lowest BCUT2D eigenvalue weighted by Crippen LogP contribution is -2.47. The second kappa shape index (κ2) is 5.85. The summed E-state index contributed by atoms with van der Waals surface area (Å²) in [5, 5.41) is 11.6. The van der Waals surface area contributed by atoms with Crippen LogP contribution in [0.1, 0.15) is 23.1 Å². The molecule has 0 radical (unpaired) electrons. The molecule has 1 unspecified atom stereocenters. The van der Waals surface area contributed by atoms with Gasteiger partial charge in [-0.15, -0.1) is 0 Å². The molecule has 4 rings (SSSR count). The van der Waals surface area contributed by atoms with Crippen LogP contribution in [0, 0.1) is 17.1 Å². The molecular weight excluding hydrogens is 337 g/mol. The van der Waals surface area contributed by atoms with E-state index in [4.69, 9.17) is 10.00 Å². The van der Waals surface area contributed by atoms with Crippen molar-refractivity contribution >= 4 is 11.9 Å². The molecule has 0 bridgehead atoms. The van der Waals surface area contributed by atoms with Crippen molar-refractivity contribution < 1.29 is 18.7 Å². The Kier molecular flexibility index (Phi) is 3.62. The van der Waals surface area contributed by atoms with Crippen molar-refractivity contribution in [2.24, 2.45) is 0 Å². The third kappa shape index (κ3) is 2.30. The van der Waals surface area contributed by atoms with Crippen LogP contribution in [-0.4, -0.2) is 23.4 Å². The Balaban J connectivity index is 1.67. The van der Waals surface area contributed by atoms with Crippen LogP contribution in [0.3, 0.4) is 0 Å². The Morgan fingerprint density at radius 2 is 2.08 bits per heavy atom. The number of nitriles is 1. The number of carbonyl (C=O) groups excluding carboxylic acids is 2. The van der Waals surface area contributed by atoms with Gasteiger partial charge in [-0.05, 0) is 23.8 Å². The topological polar surface area (TPSA) is 82.4 Å². The number of halogens is 1. The number of nitrogens with zero attached hydrogens (tertiary/aromatic N) is 2. The average Bonchev–Trinajstić information content (AvgIpc) is 2.87. The molecule has 1 N–H and O–H groups in total. The van der Waals surface area contributed by atoms with Gasteiger partial charge in [0.1, 0.15) is 17.6 Å². The van der Waals surface area contributed by atoms with Gasteiger partial charge in [-0.2, -0.15) is 5.26 Å². The molecule has 1 saturated heterocycles. The summed E-state index contributed by atoms with van der Waals surface area (Å²) in [7, 11) is 0. The molecule has 2 aromatic carbocycles. The van der Waals surface area contributed by atoms with Crippen LogP contribution < -0.4 is 10.1 Å². The van der Waals surface area contributed by atoms with E-state index in [-0.39, 0.29) is 18.0 Å². The van der Waals surface area contributed by atoms with Crippen LogP contribution in [0.5, 0.6) is 5.75 Å².